The summed E-state index contributed by atoms with van der Waals surface area (Å²) in [5.41, 5.74) is 2.01. The standard InChI is InChI=1S/C19H25N5/c1-15-6-3-5-9-24(15)17-13-23(14-17)12-16-10-21-19(22-11-16)18-7-2-4-8-20-18/h2,4,7-8,10-11,15,17H,3,5-6,9,12-14H2,1H3/t15-/m1/s1. The summed E-state index contributed by atoms with van der Waals surface area (Å²) < 4.78 is 0. The summed E-state index contributed by atoms with van der Waals surface area (Å²) in [6.45, 7) is 6.95. The Balaban J connectivity index is 1.31. The molecule has 126 valence electrons. The minimum absolute atomic E-state index is 0.697. The fourth-order valence-electron chi connectivity index (χ4n) is 3.87. The fourth-order valence-corrected chi connectivity index (χ4v) is 3.87. The van der Waals surface area contributed by atoms with E-state index in [1.54, 1.807) is 6.20 Å². The van der Waals surface area contributed by atoms with E-state index in [0.29, 0.717) is 5.82 Å². The van der Waals surface area contributed by atoms with Crippen LogP contribution in [-0.4, -0.2) is 56.5 Å². The lowest BCUT2D eigenvalue weighted by molar-refractivity contribution is -0.00628. The van der Waals surface area contributed by atoms with Gasteiger partial charge < -0.3 is 0 Å². The molecule has 5 heteroatoms. The first-order chi connectivity index (χ1) is 11.8. The highest BCUT2D eigenvalue weighted by Crippen LogP contribution is 2.25. The molecular weight excluding hydrogens is 298 g/mol. The number of nitrogens with zero attached hydrogens (tertiary/aromatic N) is 5. The molecule has 24 heavy (non-hydrogen) atoms. The second-order valence-electron chi connectivity index (χ2n) is 7.06. The molecule has 2 aromatic heterocycles. The molecular formula is C19H25N5. The van der Waals surface area contributed by atoms with E-state index in [9.17, 15) is 0 Å². The van der Waals surface area contributed by atoms with Crippen LogP contribution in [0.15, 0.2) is 36.8 Å². The summed E-state index contributed by atoms with van der Waals surface area (Å²) in [4.78, 5) is 18.4. The van der Waals surface area contributed by atoms with Crippen LogP contribution in [0, 0.1) is 0 Å². The van der Waals surface area contributed by atoms with Gasteiger partial charge in [-0.1, -0.05) is 12.5 Å². The number of hydrogen-bond donors (Lipinski definition) is 0. The maximum atomic E-state index is 4.47. The van der Waals surface area contributed by atoms with Crippen molar-refractivity contribution in [3.05, 3.63) is 42.4 Å². The van der Waals surface area contributed by atoms with Gasteiger partial charge in [0, 0.05) is 55.9 Å². The second kappa shape index (κ2) is 6.95. The van der Waals surface area contributed by atoms with Crippen LogP contribution in [0.1, 0.15) is 31.7 Å². The van der Waals surface area contributed by atoms with Crippen molar-refractivity contribution in [2.24, 2.45) is 0 Å². The zero-order valence-corrected chi connectivity index (χ0v) is 14.3. The van der Waals surface area contributed by atoms with E-state index >= 15 is 0 Å². The molecule has 2 fully saturated rings. The molecule has 1 atom stereocenters. The van der Waals surface area contributed by atoms with Crippen molar-refractivity contribution < 1.29 is 0 Å². The van der Waals surface area contributed by atoms with Crippen molar-refractivity contribution in [2.75, 3.05) is 19.6 Å². The Morgan fingerprint density at radius 2 is 1.92 bits per heavy atom. The fraction of sp³-hybridized carbons (Fsp3) is 0.526. The van der Waals surface area contributed by atoms with Gasteiger partial charge in [0.2, 0.25) is 0 Å². The molecule has 0 radical (unpaired) electrons. The summed E-state index contributed by atoms with van der Waals surface area (Å²) in [6.07, 6.45) is 9.77. The van der Waals surface area contributed by atoms with Crippen LogP contribution in [0.4, 0.5) is 0 Å². The topological polar surface area (TPSA) is 45.2 Å². The summed E-state index contributed by atoms with van der Waals surface area (Å²) in [5, 5.41) is 0. The molecule has 0 amide bonds. The van der Waals surface area contributed by atoms with Crippen LogP contribution in [-0.2, 0) is 6.54 Å². The minimum atomic E-state index is 0.697. The number of rotatable bonds is 4. The molecule has 0 saturated carbocycles. The molecule has 0 spiro atoms. The Hall–Kier alpha value is -1.85. The summed E-state index contributed by atoms with van der Waals surface area (Å²) in [5.74, 6) is 0.697. The maximum absolute atomic E-state index is 4.47. The molecule has 0 N–H and O–H groups in total. The van der Waals surface area contributed by atoms with E-state index in [1.807, 2.05) is 30.6 Å². The van der Waals surface area contributed by atoms with Crippen LogP contribution in [0.2, 0.25) is 0 Å². The Bertz CT molecular complexity index is 651. The van der Waals surface area contributed by atoms with Crippen LogP contribution in [0.3, 0.4) is 0 Å². The summed E-state index contributed by atoms with van der Waals surface area (Å²) >= 11 is 0. The zero-order chi connectivity index (χ0) is 16.4. The Morgan fingerprint density at radius 1 is 1.08 bits per heavy atom. The van der Waals surface area contributed by atoms with Crippen molar-refractivity contribution in [3.8, 4) is 11.5 Å². The van der Waals surface area contributed by atoms with Gasteiger partial charge in [0.05, 0.1) is 0 Å². The monoisotopic (exact) mass is 323 g/mol. The van der Waals surface area contributed by atoms with Crippen molar-refractivity contribution in [3.63, 3.8) is 0 Å². The van der Waals surface area contributed by atoms with E-state index in [1.165, 1.54) is 44.5 Å². The number of hydrogen-bond acceptors (Lipinski definition) is 5. The highest BCUT2D eigenvalue weighted by molar-refractivity contribution is 5.47. The van der Waals surface area contributed by atoms with Gasteiger partial charge in [-0.05, 0) is 38.4 Å². The van der Waals surface area contributed by atoms with E-state index in [-0.39, 0.29) is 0 Å². The predicted molar refractivity (Wildman–Crippen MR) is 94.3 cm³/mol. The first-order valence-corrected chi connectivity index (χ1v) is 9.00. The molecule has 2 saturated heterocycles. The largest absolute Gasteiger partial charge is 0.296 e. The first kappa shape index (κ1) is 15.7. The molecule has 4 heterocycles. The Labute approximate surface area is 143 Å². The van der Waals surface area contributed by atoms with Crippen LogP contribution < -0.4 is 0 Å². The van der Waals surface area contributed by atoms with E-state index in [4.69, 9.17) is 0 Å². The third-order valence-electron chi connectivity index (χ3n) is 5.27. The zero-order valence-electron chi connectivity index (χ0n) is 14.3. The highest BCUT2D eigenvalue weighted by Gasteiger charge is 2.34. The molecule has 0 bridgehead atoms. The van der Waals surface area contributed by atoms with Crippen LogP contribution in [0.25, 0.3) is 11.5 Å². The van der Waals surface area contributed by atoms with Gasteiger partial charge in [0.15, 0.2) is 5.82 Å². The van der Waals surface area contributed by atoms with Crippen LogP contribution in [0.5, 0.6) is 0 Å². The summed E-state index contributed by atoms with van der Waals surface area (Å²) in [6, 6.07) is 7.30. The average Bonchev–Trinajstić information content (AvgIpc) is 2.60. The lowest BCUT2D eigenvalue weighted by Crippen LogP contribution is -2.61. The smallest absolute Gasteiger partial charge is 0.178 e. The van der Waals surface area contributed by atoms with Gasteiger partial charge >= 0.3 is 0 Å². The van der Waals surface area contributed by atoms with Crippen molar-refractivity contribution >= 4 is 0 Å². The van der Waals surface area contributed by atoms with E-state index in [2.05, 4.69) is 31.7 Å². The molecule has 5 nitrogen and oxygen atoms in total. The number of pyridine rings is 1. The van der Waals surface area contributed by atoms with Crippen LogP contribution >= 0.6 is 0 Å². The lowest BCUT2D eigenvalue weighted by Gasteiger charge is -2.49. The molecule has 0 aliphatic carbocycles. The normalized spacial score (nSPS) is 23.1. The molecule has 2 aromatic rings. The molecule has 2 aliphatic rings. The average molecular weight is 323 g/mol. The van der Waals surface area contributed by atoms with E-state index in [0.717, 1.165) is 24.3 Å². The molecule has 2 aliphatic heterocycles. The number of piperidine rings is 1. The first-order valence-electron chi connectivity index (χ1n) is 9.00. The minimum Gasteiger partial charge on any atom is -0.296 e. The third-order valence-corrected chi connectivity index (χ3v) is 5.27. The van der Waals surface area contributed by atoms with Crippen molar-refractivity contribution in [1.82, 2.24) is 24.8 Å². The molecule has 0 aromatic carbocycles. The van der Waals surface area contributed by atoms with Gasteiger partial charge in [0.25, 0.3) is 0 Å². The Morgan fingerprint density at radius 3 is 2.62 bits per heavy atom. The van der Waals surface area contributed by atoms with Gasteiger partial charge in [-0.3, -0.25) is 14.8 Å². The van der Waals surface area contributed by atoms with Gasteiger partial charge in [0.1, 0.15) is 5.69 Å². The van der Waals surface area contributed by atoms with Crippen molar-refractivity contribution in [2.45, 2.75) is 44.8 Å². The van der Waals surface area contributed by atoms with Gasteiger partial charge in [-0.25, -0.2) is 9.97 Å². The predicted octanol–water partition coefficient (Wildman–Crippen LogP) is 2.60. The number of aromatic nitrogens is 3. The van der Waals surface area contributed by atoms with E-state index < -0.39 is 0 Å². The van der Waals surface area contributed by atoms with Gasteiger partial charge in [-0.2, -0.15) is 0 Å². The third kappa shape index (κ3) is 3.32. The Kier molecular flexibility index (Phi) is 4.54. The lowest BCUT2D eigenvalue weighted by atomic mass is 9.97. The molecule has 0 unspecified atom stereocenters. The van der Waals surface area contributed by atoms with Crippen molar-refractivity contribution in [1.29, 1.82) is 0 Å². The molecule has 4 rings (SSSR count). The SMILES string of the molecule is C[C@@H]1CCCCN1C1CN(Cc2cnc(-c3ccccn3)nc2)C1. The summed E-state index contributed by atoms with van der Waals surface area (Å²) in [7, 11) is 0. The maximum Gasteiger partial charge on any atom is 0.178 e. The van der Waals surface area contributed by atoms with Gasteiger partial charge in [-0.15, -0.1) is 0 Å². The number of likely N-dealkylation sites (tertiary alicyclic amines) is 2. The second-order valence-corrected chi connectivity index (χ2v) is 7.06. The highest BCUT2D eigenvalue weighted by atomic mass is 15.3. The quantitative estimate of drug-likeness (QED) is 0.865.